The zero-order chi connectivity index (χ0) is 12.2. The van der Waals surface area contributed by atoms with Crippen molar-refractivity contribution in [3.63, 3.8) is 0 Å². The third kappa shape index (κ3) is 1.34. The van der Waals surface area contributed by atoms with Crippen LogP contribution in [0.3, 0.4) is 0 Å². The molecule has 0 unspecified atom stereocenters. The van der Waals surface area contributed by atoms with Crippen molar-refractivity contribution in [2.45, 2.75) is 19.4 Å². The third-order valence-electron chi connectivity index (χ3n) is 3.32. The van der Waals surface area contributed by atoms with Crippen molar-refractivity contribution in [2.24, 2.45) is 0 Å². The van der Waals surface area contributed by atoms with Crippen molar-refractivity contribution in [1.29, 1.82) is 0 Å². The first kappa shape index (κ1) is 10.5. The summed E-state index contributed by atoms with van der Waals surface area (Å²) in [5.74, 6) is -2.31. The Kier molecular flexibility index (Phi) is 2.11. The molecule has 3 rings (SSSR count). The van der Waals surface area contributed by atoms with Crippen LogP contribution in [-0.4, -0.2) is 25.0 Å². The fourth-order valence-electron chi connectivity index (χ4n) is 2.43. The van der Waals surface area contributed by atoms with Gasteiger partial charge in [0, 0.05) is 18.5 Å². The summed E-state index contributed by atoms with van der Waals surface area (Å²) < 4.78 is 32.2. The number of benzene rings is 1. The highest BCUT2D eigenvalue weighted by atomic mass is 19.2. The monoisotopic (exact) mass is 239 g/mol. The van der Waals surface area contributed by atoms with E-state index in [4.69, 9.17) is 4.74 Å². The quantitative estimate of drug-likeness (QED) is 0.694. The first-order valence-electron chi connectivity index (χ1n) is 5.54. The lowest BCUT2D eigenvalue weighted by molar-refractivity contribution is 0.0973. The number of ether oxygens (including phenoxy) is 1. The van der Waals surface area contributed by atoms with E-state index < -0.39 is 11.6 Å². The highest BCUT2D eigenvalue weighted by molar-refractivity contribution is 6.05. The van der Waals surface area contributed by atoms with Gasteiger partial charge in [0.15, 0.2) is 17.3 Å². The number of carbonyl (C=O) groups excluding carboxylic acids is 1. The number of ketones is 1. The van der Waals surface area contributed by atoms with E-state index in [2.05, 4.69) is 0 Å². The zero-order valence-electron chi connectivity index (χ0n) is 9.30. The molecule has 1 aromatic rings. The van der Waals surface area contributed by atoms with Crippen LogP contribution in [-0.2, 0) is 0 Å². The predicted molar refractivity (Wildman–Crippen MR) is 57.6 cm³/mol. The molecule has 5 heteroatoms. The average molecular weight is 239 g/mol. The zero-order valence-corrected chi connectivity index (χ0v) is 9.30. The van der Waals surface area contributed by atoms with Gasteiger partial charge >= 0.3 is 0 Å². The molecule has 0 fully saturated rings. The molecular weight excluding hydrogens is 228 g/mol. The summed E-state index contributed by atoms with van der Waals surface area (Å²) in [6.07, 6.45) is 0.335. The maximum atomic E-state index is 13.6. The molecule has 0 aromatic heterocycles. The van der Waals surface area contributed by atoms with Crippen LogP contribution >= 0.6 is 0 Å². The Morgan fingerprint density at radius 2 is 2.24 bits per heavy atom. The Bertz CT molecular complexity index is 516. The molecule has 0 bridgehead atoms. The SMILES string of the molecule is C[C@H]1COc2c(F)c(F)cc3c2N1CCC3=O. The molecular formula is C12H11F2NO2. The summed E-state index contributed by atoms with van der Waals surface area (Å²) in [6.45, 7) is 2.78. The number of hydrogen-bond acceptors (Lipinski definition) is 3. The van der Waals surface area contributed by atoms with Crippen LogP contribution in [0.25, 0.3) is 0 Å². The summed E-state index contributed by atoms with van der Waals surface area (Å²) >= 11 is 0. The second-order valence-corrected chi connectivity index (χ2v) is 4.42. The van der Waals surface area contributed by atoms with E-state index in [9.17, 15) is 13.6 Å². The highest BCUT2D eigenvalue weighted by Crippen LogP contribution is 2.42. The Morgan fingerprint density at radius 1 is 1.47 bits per heavy atom. The van der Waals surface area contributed by atoms with E-state index in [1.54, 1.807) is 0 Å². The molecule has 0 N–H and O–H groups in total. The third-order valence-corrected chi connectivity index (χ3v) is 3.32. The Morgan fingerprint density at radius 3 is 3.00 bits per heavy atom. The summed E-state index contributed by atoms with van der Waals surface area (Å²) in [5.41, 5.74) is 0.649. The number of Topliss-reactive ketones (excluding diaryl/α,β-unsaturated/α-hetero) is 1. The summed E-state index contributed by atoms with van der Waals surface area (Å²) in [7, 11) is 0. The fourth-order valence-corrected chi connectivity index (χ4v) is 2.43. The molecule has 0 radical (unpaired) electrons. The molecule has 0 amide bonds. The van der Waals surface area contributed by atoms with E-state index in [-0.39, 0.29) is 23.1 Å². The maximum Gasteiger partial charge on any atom is 0.202 e. The molecule has 0 spiro atoms. The van der Waals surface area contributed by atoms with Crippen molar-refractivity contribution in [2.75, 3.05) is 18.1 Å². The minimum absolute atomic E-state index is 0.0687. The minimum Gasteiger partial charge on any atom is -0.486 e. The van der Waals surface area contributed by atoms with Crippen LogP contribution in [0.2, 0.25) is 0 Å². The van der Waals surface area contributed by atoms with Gasteiger partial charge < -0.3 is 9.64 Å². The molecule has 2 heterocycles. The molecule has 2 aliphatic heterocycles. The van der Waals surface area contributed by atoms with E-state index >= 15 is 0 Å². The number of anilines is 1. The Hall–Kier alpha value is -1.65. The highest BCUT2D eigenvalue weighted by Gasteiger charge is 2.36. The van der Waals surface area contributed by atoms with Gasteiger partial charge in [-0.3, -0.25) is 4.79 Å². The van der Waals surface area contributed by atoms with E-state index in [0.29, 0.717) is 25.3 Å². The van der Waals surface area contributed by atoms with Gasteiger partial charge in [-0.05, 0) is 13.0 Å². The van der Waals surface area contributed by atoms with Crippen molar-refractivity contribution in [3.8, 4) is 5.75 Å². The molecule has 0 saturated carbocycles. The summed E-state index contributed by atoms with van der Waals surface area (Å²) in [5, 5.41) is 0. The molecule has 1 atom stereocenters. The number of hydrogen-bond donors (Lipinski definition) is 0. The first-order chi connectivity index (χ1) is 8.09. The molecule has 2 aliphatic rings. The van der Waals surface area contributed by atoms with Gasteiger partial charge in [-0.1, -0.05) is 0 Å². The van der Waals surface area contributed by atoms with Gasteiger partial charge in [-0.25, -0.2) is 4.39 Å². The molecule has 17 heavy (non-hydrogen) atoms. The number of nitrogens with zero attached hydrogens (tertiary/aromatic N) is 1. The predicted octanol–water partition coefficient (Wildman–Crippen LogP) is 2.14. The van der Waals surface area contributed by atoms with Crippen LogP contribution in [0.15, 0.2) is 6.07 Å². The minimum atomic E-state index is -1.02. The largest absolute Gasteiger partial charge is 0.486 e. The van der Waals surface area contributed by atoms with Gasteiger partial charge in [-0.2, -0.15) is 4.39 Å². The van der Waals surface area contributed by atoms with Crippen molar-refractivity contribution < 1.29 is 18.3 Å². The van der Waals surface area contributed by atoms with Crippen LogP contribution in [0.5, 0.6) is 5.75 Å². The van der Waals surface area contributed by atoms with Gasteiger partial charge in [0.25, 0.3) is 0 Å². The van der Waals surface area contributed by atoms with E-state index in [0.717, 1.165) is 6.07 Å². The number of halogens is 2. The van der Waals surface area contributed by atoms with Crippen LogP contribution < -0.4 is 9.64 Å². The van der Waals surface area contributed by atoms with Crippen molar-refractivity contribution >= 4 is 11.5 Å². The molecule has 0 saturated heterocycles. The standard InChI is InChI=1S/C12H11F2NO2/c1-6-5-17-12-10(14)8(13)4-7-9(16)2-3-15(6)11(7)12/h4,6H,2-3,5H2,1H3/t6-/m0/s1. The summed E-state index contributed by atoms with van der Waals surface area (Å²) in [4.78, 5) is 13.6. The normalized spacial score (nSPS) is 22.2. The van der Waals surface area contributed by atoms with E-state index in [1.807, 2.05) is 11.8 Å². The van der Waals surface area contributed by atoms with Gasteiger partial charge in [0.2, 0.25) is 5.82 Å². The Labute approximate surface area is 97.0 Å². The maximum absolute atomic E-state index is 13.6. The van der Waals surface area contributed by atoms with Crippen LogP contribution in [0, 0.1) is 11.6 Å². The number of carbonyl (C=O) groups is 1. The fraction of sp³-hybridized carbons (Fsp3) is 0.417. The van der Waals surface area contributed by atoms with Crippen molar-refractivity contribution in [1.82, 2.24) is 0 Å². The van der Waals surface area contributed by atoms with Gasteiger partial charge in [0.1, 0.15) is 6.61 Å². The van der Waals surface area contributed by atoms with E-state index in [1.165, 1.54) is 0 Å². The second kappa shape index (κ2) is 3.42. The summed E-state index contributed by atoms with van der Waals surface area (Å²) in [6, 6.07) is 1.04. The van der Waals surface area contributed by atoms with Gasteiger partial charge in [-0.15, -0.1) is 0 Å². The van der Waals surface area contributed by atoms with Crippen molar-refractivity contribution in [3.05, 3.63) is 23.3 Å². The lowest BCUT2D eigenvalue weighted by Gasteiger charge is -2.40. The van der Waals surface area contributed by atoms with Crippen LogP contribution in [0.4, 0.5) is 14.5 Å². The lowest BCUT2D eigenvalue weighted by Crippen LogP contribution is -2.45. The molecule has 1 aromatic carbocycles. The first-order valence-corrected chi connectivity index (χ1v) is 5.54. The van der Waals surface area contributed by atoms with Crippen LogP contribution in [0.1, 0.15) is 23.7 Å². The van der Waals surface area contributed by atoms with Gasteiger partial charge in [0.05, 0.1) is 11.7 Å². The topological polar surface area (TPSA) is 29.5 Å². The number of rotatable bonds is 0. The smallest absolute Gasteiger partial charge is 0.202 e. The molecule has 3 nitrogen and oxygen atoms in total. The lowest BCUT2D eigenvalue weighted by atomic mass is 9.96. The Balaban J connectivity index is 2.30. The molecule has 0 aliphatic carbocycles. The second-order valence-electron chi connectivity index (χ2n) is 4.42. The molecule has 90 valence electrons. The average Bonchev–Trinajstić information content (AvgIpc) is 2.31.